The average molecular weight is 180 g/mol. The van der Waals surface area contributed by atoms with Crippen LogP contribution in [0.5, 0.6) is 0 Å². The summed E-state index contributed by atoms with van der Waals surface area (Å²) in [6.45, 7) is 2.62. The zero-order valence-electron chi connectivity index (χ0n) is 7.45. The van der Waals surface area contributed by atoms with E-state index in [-0.39, 0.29) is 5.91 Å². The number of aromatic nitrogens is 2. The van der Waals surface area contributed by atoms with E-state index in [1.54, 1.807) is 12.1 Å². The minimum absolute atomic E-state index is 0.214. The fraction of sp³-hybridized carbons (Fsp3) is 0.375. The maximum atomic E-state index is 11.3. The van der Waals surface area contributed by atoms with E-state index in [9.17, 15) is 4.79 Å². The van der Waals surface area contributed by atoms with Crippen LogP contribution in [0, 0.1) is 0 Å². The van der Waals surface area contributed by atoms with Gasteiger partial charge in [0.05, 0.1) is 0 Å². The van der Waals surface area contributed by atoms with Crippen molar-refractivity contribution in [3.05, 3.63) is 17.8 Å². The van der Waals surface area contributed by atoms with Crippen molar-refractivity contribution < 1.29 is 4.79 Å². The molecular formula is C8H12N4O. The number of nitrogens with one attached hydrogen (secondary N) is 1. The lowest BCUT2D eigenvalue weighted by Gasteiger charge is -2.01. The number of nitrogens with two attached hydrogens (primary N) is 1. The van der Waals surface area contributed by atoms with Gasteiger partial charge in [-0.2, -0.15) is 0 Å². The van der Waals surface area contributed by atoms with Gasteiger partial charge >= 0.3 is 0 Å². The van der Waals surface area contributed by atoms with Crippen LogP contribution in [0.3, 0.4) is 0 Å². The third-order valence-corrected chi connectivity index (χ3v) is 1.45. The highest BCUT2D eigenvalue weighted by atomic mass is 16.1. The summed E-state index contributed by atoms with van der Waals surface area (Å²) in [5.41, 5.74) is 5.62. The van der Waals surface area contributed by atoms with E-state index in [0.717, 1.165) is 6.42 Å². The summed E-state index contributed by atoms with van der Waals surface area (Å²) in [5.74, 6) is 0.0985. The molecule has 1 heterocycles. The molecule has 3 N–H and O–H groups in total. The van der Waals surface area contributed by atoms with Crippen molar-refractivity contribution in [1.82, 2.24) is 15.5 Å². The molecule has 5 heteroatoms. The maximum absolute atomic E-state index is 11.3. The summed E-state index contributed by atoms with van der Waals surface area (Å²) >= 11 is 0. The molecule has 1 rings (SSSR count). The molecule has 5 nitrogen and oxygen atoms in total. The second-order valence-corrected chi connectivity index (χ2v) is 2.60. The maximum Gasteiger partial charge on any atom is 0.271 e. The smallest absolute Gasteiger partial charge is 0.271 e. The van der Waals surface area contributed by atoms with Crippen LogP contribution in [0.25, 0.3) is 0 Å². The summed E-state index contributed by atoms with van der Waals surface area (Å²) in [6, 6.07) is 3.10. The molecule has 0 aromatic carbocycles. The number of nitrogens with zero attached hydrogens (tertiary/aromatic N) is 2. The topological polar surface area (TPSA) is 80.9 Å². The Kier molecular flexibility index (Phi) is 3.19. The predicted octanol–water partition coefficient (Wildman–Crippen LogP) is 0.199. The summed E-state index contributed by atoms with van der Waals surface area (Å²) in [7, 11) is 0. The van der Waals surface area contributed by atoms with E-state index in [4.69, 9.17) is 5.73 Å². The number of carbonyl (C=O) groups excluding carboxylic acids is 1. The molecule has 0 aliphatic rings. The fourth-order valence-electron chi connectivity index (χ4n) is 0.793. The van der Waals surface area contributed by atoms with Crippen LogP contribution in [0.1, 0.15) is 23.8 Å². The number of hydrogen-bond acceptors (Lipinski definition) is 4. The minimum atomic E-state index is -0.214. The van der Waals surface area contributed by atoms with Gasteiger partial charge in [0.2, 0.25) is 0 Å². The molecule has 0 aliphatic carbocycles. The van der Waals surface area contributed by atoms with Crippen LogP contribution < -0.4 is 11.1 Å². The van der Waals surface area contributed by atoms with Gasteiger partial charge in [0, 0.05) is 6.54 Å². The van der Waals surface area contributed by atoms with Crippen LogP contribution in [-0.2, 0) is 0 Å². The van der Waals surface area contributed by atoms with Crippen molar-refractivity contribution in [3.63, 3.8) is 0 Å². The van der Waals surface area contributed by atoms with E-state index < -0.39 is 0 Å². The Hall–Kier alpha value is -1.65. The molecule has 0 unspecified atom stereocenters. The molecule has 0 spiro atoms. The second kappa shape index (κ2) is 4.39. The van der Waals surface area contributed by atoms with Crippen LogP contribution in [0.2, 0.25) is 0 Å². The normalized spacial score (nSPS) is 9.62. The van der Waals surface area contributed by atoms with Gasteiger partial charge in [-0.25, -0.2) is 0 Å². The highest BCUT2D eigenvalue weighted by molar-refractivity contribution is 5.92. The van der Waals surface area contributed by atoms with Crippen LogP contribution >= 0.6 is 0 Å². The van der Waals surface area contributed by atoms with Crippen molar-refractivity contribution in [2.45, 2.75) is 13.3 Å². The minimum Gasteiger partial charge on any atom is -0.382 e. The molecule has 70 valence electrons. The predicted molar refractivity (Wildman–Crippen MR) is 49.1 cm³/mol. The number of hydrogen-bond donors (Lipinski definition) is 2. The first kappa shape index (κ1) is 9.44. The van der Waals surface area contributed by atoms with Crippen molar-refractivity contribution in [1.29, 1.82) is 0 Å². The van der Waals surface area contributed by atoms with Gasteiger partial charge in [0.25, 0.3) is 5.91 Å². The molecule has 0 bridgehead atoms. The van der Waals surface area contributed by atoms with E-state index in [2.05, 4.69) is 15.5 Å². The summed E-state index contributed by atoms with van der Waals surface area (Å²) in [4.78, 5) is 11.3. The molecule has 13 heavy (non-hydrogen) atoms. The van der Waals surface area contributed by atoms with E-state index in [1.165, 1.54) is 0 Å². The molecule has 1 amide bonds. The number of anilines is 1. The Morgan fingerprint density at radius 1 is 1.54 bits per heavy atom. The lowest BCUT2D eigenvalue weighted by molar-refractivity contribution is 0.0947. The van der Waals surface area contributed by atoms with Gasteiger partial charge in [-0.15, -0.1) is 10.2 Å². The zero-order valence-corrected chi connectivity index (χ0v) is 7.45. The molecule has 0 radical (unpaired) electrons. The molecule has 1 aromatic rings. The SMILES string of the molecule is CCCNC(=O)c1ccc(N)nn1. The number of rotatable bonds is 3. The molecule has 0 atom stereocenters. The average Bonchev–Trinajstić information content (AvgIpc) is 2.15. The second-order valence-electron chi connectivity index (χ2n) is 2.60. The molecule has 0 saturated carbocycles. The number of nitrogen functional groups attached to an aromatic ring is 1. The van der Waals surface area contributed by atoms with Crippen molar-refractivity contribution in [2.24, 2.45) is 0 Å². The first-order chi connectivity index (χ1) is 6.24. The summed E-state index contributed by atoms with van der Waals surface area (Å²) in [6.07, 6.45) is 0.897. The van der Waals surface area contributed by atoms with Gasteiger partial charge in [0.15, 0.2) is 5.69 Å². The van der Waals surface area contributed by atoms with Crippen LogP contribution in [0.15, 0.2) is 12.1 Å². The molecule has 0 aliphatic heterocycles. The monoisotopic (exact) mass is 180 g/mol. The first-order valence-electron chi connectivity index (χ1n) is 4.11. The molecule has 0 saturated heterocycles. The molecule has 0 fully saturated rings. The highest BCUT2D eigenvalue weighted by Gasteiger charge is 2.05. The Morgan fingerprint density at radius 2 is 2.31 bits per heavy atom. The lowest BCUT2D eigenvalue weighted by Crippen LogP contribution is -2.25. The quantitative estimate of drug-likeness (QED) is 0.696. The van der Waals surface area contributed by atoms with Gasteiger partial charge in [-0.3, -0.25) is 4.79 Å². The summed E-state index contributed by atoms with van der Waals surface area (Å²) in [5, 5.41) is 9.91. The Labute approximate surface area is 76.4 Å². The van der Waals surface area contributed by atoms with E-state index in [0.29, 0.717) is 18.1 Å². The third-order valence-electron chi connectivity index (χ3n) is 1.45. The molecule has 1 aromatic heterocycles. The third kappa shape index (κ3) is 2.70. The van der Waals surface area contributed by atoms with Gasteiger partial charge in [-0.05, 0) is 18.6 Å². The van der Waals surface area contributed by atoms with Crippen LogP contribution in [0.4, 0.5) is 5.82 Å². The fourth-order valence-corrected chi connectivity index (χ4v) is 0.793. The number of amides is 1. The zero-order chi connectivity index (χ0) is 9.68. The van der Waals surface area contributed by atoms with Crippen LogP contribution in [-0.4, -0.2) is 22.6 Å². The lowest BCUT2D eigenvalue weighted by atomic mass is 10.3. The Bertz CT molecular complexity index is 283. The van der Waals surface area contributed by atoms with E-state index >= 15 is 0 Å². The summed E-state index contributed by atoms with van der Waals surface area (Å²) < 4.78 is 0. The Morgan fingerprint density at radius 3 is 2.85 bits per heavy atom. The highest BCUT2D eigenvalue weighted by Crippen LogP contribution is 1.96. The number of carbonyl (C=O) groups is 1. The largest absolute Gasteiger partial charge is 0.382 e. The van der Waals surface area contributed by atoms with Gasteiger partial charge in [0.1, 0.15) is 5.82 Å². The van der Waals surface area contributed by atoms with Crippen molar-refractivity contribution in [2.75, 3.05) is 12.3 Å². The van der Waals surface area contributed by atoms with E-state index in [1.807, 2.05) is 6.92 Å². The Balaban J connectivity index is 2.61. The van der Waals surface area contributed by atoms with Crippen molar-refractivity contribution >= 4 is 11.7 Å². The molecular weight excluding hydrogens is 168 g/mol. The first-order valence-corrected chi connectivity index (χ1v) is 4.11. The van der Waals surface area contributed by atoms with Crippen molar-refractivity contribution in [3.8, 4) is 0 Å². The van der Waals surface area contributed by atoms with Gasteiger partial charge < -0.3 is 11.1 Å². The van der Waals surface area contributed by atoms with Gasteiger partial charge in [-0.1, -0.05) is 6.92 Å². The standard InChI is InChI=1S/C8H12N4O/c1-2-5-10-8(13)6-3-4-7(9)12-11-6/h3-4H,2,5H2,1H3,(H2,9,12)(H,10,13).